The summed E-state index contributed by atoms with van der Waals surface area (Å²) in [6.07, 6.45) is 12.1. The molecule has 0 aromatic carbocycles. The summed E-state index contributed by atoms with van der Waals surface area (Å²) in [5, 5.41) is 13.5. The highest BCUT2D eigenvalue weighted by Gasteiger charge is 2.29. The maximum Gasteiger partial charge on any atom is 0.227 e. The predicted molar refractivity (Wildman–Crippen MR) is 128 cm³/mol. The molecule has 3 heterocycles. The molecule has 2 atom stereocenters. The van der Waals surface area contributed by atoms with Crippen LogP contribution in [0.4, 0.5) is 0 Å². The van der Waals surface area contributed by atoms with Crippen molar-refractivity contribution in [3.63, 3.8) is 0 Å². The van der Waals surface area contributed by atoms with Gasteiger partial charge in [-0.3, -0.25) is 4.79 Å². The van der Waals surface area contributed by atoms with E-state index in [1.807, 2.05) is 12.4 Å². The van der Waals surface area contributed by atoms with Crippen LogP contribution in [0.15, 0.2) is 18.5 Å². The van der Waals surface area contributed by atoms with Gasteiger partial charge >= 0.3 is 0 Å². The van der Waals surface area contributed by atoms with Crippen LogP contribution in [0.25, 0.3) is 22.1 Å². The molecule has 5 rings (SSSR count). The van der Waals surface area contributed by atoms with Crippen LogP contribution in [0.3, 0.4) is 0 Å². The molecule has 1 amide bonds. The molecular formula is C26H34N6O. The van der Waals surface area contributed by atoms with Gasteiger partial charge in [0.05, 0.1) is 24.2 Å². The number of nitrogens with zero attached hydrogens (tertiary/aromatic N) is 4. The van der Waals surface area contributed by atoms with Crippen molar-refractivity contribution in [3.05, 3.63) is 24.3 Å². The van der Waals surface area contributed by atoms with Crippen LogP contribution in [-0.4, -0.2) is 31.5 Å². The number of H-pyrrole nitrogens is 1. The Morgan fingerprint density at radius 2 is 1.97 bits per heavy atom. The quantitative estimate of drug-likeness (QED) is 0.573. The summed E-state index contributed by atoms with van der Waals surface area (Å²) < 4.78 is 2.32. The highest BCUT2D eigenvalue weighted by Crippen LogP contribution is 2.38. The molecule has 2 aliphatic rings. The second-order valence-electron chi connectivity index (χ2n) is 10.5. The van der Waals surface area contributed by atoms with E-state index in [1.165, 1.54) is 6.42 Å². The molecule has 0 radical (unpaired) electrons. The second kappa shape index (κ2) is 9.17. The Kier molecular flexibility index (Phi) is 6.09. The summed E-state index contributed by atoms with van der Waals surface area (Å²) in [5.74, 6) is 2.69. The largest absolute Gasteiger partial charge is 0.353 e. The molecule has 0 aliphatic heterocycles. The van der Waals surface area contributed by atoms with Gasteiger partial charge in [-0.1, -0.05) is 13.8 Å². The Bertz CT molecular complexity index is 1170. The molecule has 2 N–H and O–H groups in total. The monoisotopic (exact) mass is 446 g/mol. The number of imidazole rings is 1. The summed E-state index contributed by atoms with van der Waals surface area (Å²) >= 11 is 0. The van der Waals surface area contributed by atoms with Crippen LogP contribution in [0.1, 0.15) is 77.1 Å². The first kappa shape index (κ1) is 21.9. The molecule has 7 heteroatoms. The number of hydrogen-bond acceptors (Lipinski definition) is 4. The lowest BCUT2D eigenvalue weighted by atomic mass is 9.80. The van der Waals surface area contributed by atoms with E-state index in [-0.39, 0.29) is 18.4 Å². The van der Waals surface area contributed by atoms with Gasteiger partial charge in [0, 0.05) is 30.1 Å². The summed E-state index contributed by atoms with van der Waals surface area (Å²) in [5.41, 5.74) is 2.78. The van der Waals surface area contributed by atoms with Gasteiger partial charge < -0.3 is 14.9 Å². The minimum Gasteiger partial charge on any atom is -0.353 e. The van der Waals surface area contributed by atoms with E-state index in [0.717, 1.165) is 66.4 Å². The predicted octanol–water partition coefficient (Wildman–Crippen LogP) is 5.04. The molecule has 0 bridgehead atoms. The fourth-order valence-corrected chi connectivity index (χ4v) is 6.38. The summed E-state index contributed by atoms with van der Waals surface area (Å²) in [4.78, 5) is 25.8. The Labute approximate surface area is 195 Å². The van der Waals surface area contributed by atoms with Crippen LogP contribution in [-0.2, 0) is 11.2 Å². The van der Waals surface area contributed by atoms with E-state index in [4.69, 9.17) is 10.2 Å². The van der Waals surface area contributed by atoms with Gasteiger partial charge in [-0.25, -0.2) is 9.97 Å². The normalized spacial score (nSPS) is 28.1. The zero-order valence-corrected chi connectivity index (χ0v) is 19.7. The molecule has 3 aromatic rings. The van der Waals surface area contributed by atoms with E-state index >= 15 is 0 Å². The zero-order chi connectivity index (χ0) is 22.9. The molecule has 2 aliphatic carbocycles. The average molecular weight is 447 g/mol. The fourth-order valence-electron chi connectivity index (χ4n) is 6.38. The number of pyridine rings is 1. The molecule has 2 fully saturated rings. The smallest absolute Gasteiger partial charge is 0.227 e. The first-order chi connectivity index (χ1) is 16.0. The van der Waals surface area contributed by atoms with Crippen LogP contribution in [0.5, 0.6) is 0 Å². The number of hydrogen-bond donors (Lipinski definition) is 2. The van der Waals surface area contributed by atoms with Gasteiger partial charge in [-0.05, 0) is 68.8 Å². The number of carbonyl (C=O) groups excluding carboxylic acids is 1. The summed E-state index contributed by atoms with van der Waals surface area (Å²) in [7, 11) is 0. The summed E-state index contributed by atoms with van der Waals surface area (Å²) in [6, 6.07) is 4.94. The van der Waals surface area contributed by atoms with Crippen LogP contribution < -0.4 is 5.32 Å². The number of aromatic nitrogens is 4. The number of fused-ring (bicyclic) bond motifs is 3. The molecule has 33 heavy (non-hydrogen) atoms. The minimum atomic E-state index is 0.0642. The Morgan fingerprint density at radius 3 is 2.70 bits per heavy atom. The zero-order valence-electron chi connectivity index (χ0n) is 19.7. The lowest BCUT2D eigenvalue weighted by molar-refractivity contribution is -0.121. The molecule has 0 saturated heterocycles. The SMILES string of the molecule is CC1CC(C)CC(NC(=O)Cc2nc3cnc4[nH]ccc4c3n2C2CCC(CC#N)CC2)C1. The van der Waals surface area contributed by atoms with Crippen molar-refractivity contribution in [1.29, 1.82) is 5.26 Å². The van der Waals surface area contributed by atoms with Gasteiger partial charge in [-0.2, -0.15) is 5.26 Å². The fraction of sp³-hybridized carbons (Fsp3) is 0.615. The molecule has 2 unspecified atom stereocenters. The standard InChI is InChI=1S/C26H34N6O/c1-16-11-17(2)13-19(12-16)30-24(33)14-23-31-22-15-29-26-21(8-10-28-26)25(22)32(23)20-5-3-18(4-6-20)7-9-27/h8,10,15-20H,3-7,11-14H2,1-2H3,(H,28,29)(H,30,33). The van der Waals surface area contributed by atoms with Crippen molar-refractivity contribution < 1.29 is 4.79 Å². The highest BCUT2D eigenvalue weighted by molar-refractivity contribution is 6.01. The van der Waals surface area contributed by atoms with Crippen LogP contribution >= 0.6 is 0 Å². The van der Waals surface area contributed by atoms with Crippen molar-refractivity contribution in [3.8, 4) is 6.07 Å². The number of carbonyl (C=O) groups is 1. The third-order valence-electron chi connectivity index (χ3n) is 7.73. The number of nitrogens with one attached hydrogen (secondary N) is 2. The van der Waals surface area contributed by atoms with Gasteiger partial charge in [0.25, 0.3) is 0 Å². The van der Waals surface area contributed by atoms with Crippen molar-refractivity contribution in [2.24, 2.45) is 17.8 Å². The maximum atomic E-state index is 13.1. The van der Waals surface area contributed by atoms with Crippen molar-refractivity contribution in [2.45, 2.75) is 83.7 Å². The molecule has 0 spiro atoms. The van der Waals surface area contributed by atoms with E-state index in [1.54, 1.807) is 0 Å². The Morgan fingerprint density at radius 1 is 1.21 bits per heavy atom. The lowest BCUT2D eigenvalue weighted by Crippen LogP contribution is -2.41. The van der Waals surface area contributed by atoms with E-state index in [0.29, 0.717) is 30.2 Å². The molecular weight excluding hydrogens is 412 g/mol. The van der Waals surface area contributed by atoms with Crippen LogP contribution in [0.2, 0.25) is 0 Å². The molecule has 174 valence electrons. The molecule has 2 saturated carbocycles. The van der Waals surface area contributed by atoms with Gasteiger partial charge in [0.1, 0.15) is 17.0 Å². The highest BCUT2D eigenvalue weighted by atomic mass is 16.1. The third-order valence-corrected chi connectivity index (χ3v) is 7.73. The number of aromatic amines is 1. The van der Waals surface area contributed by atoms with Gasteiger partial charge in [-0.15, -0.1) is 0 Å². The molecule has 3 aromatic heterocycles. The Hall–Kier alpha value is -2.88. The topological polar surface area (TPSA) is 99.4 Å². The van der Waals surface area contributed by atoms with E-state index in [9.17, 15) is 4.79 Å². The first-order valence-corrected chi connectivity index (χ1v) is 12.5. The van der Waals surface area contributed by atoms with Crippen molar-refractivity contribution in [2.75, 3.05) is 0 Å². The summed E-state index contributed by atoms with van der Waals surface area (Å²) in [6.45, 7) is 4.57. The van der Waals surface area contributed by atoms with Crippen molar-refractivity contribution >= 4 is 28.0 Å². The second-order valence-corrected chi connectivity index (χ2v) is 10.5. The Balaban J connectivity index is 1.44. The third kappa shape index (κ3) is 4.48. The van der Waals surface area contributed by atoms with E-state index < -0.39 is 0 Å². The van der Waals surface area contributed by atoms with Gasteiger partial charge in [0.15, 0.2) is 0 Å². The molecule has 7 nitrogen and oxygen atoms in total. The maximum absolute atomic E-state index is 13.1. The van der Waals surface area contributed by atoms with Gasteiger partial charge in [0.2, 0.25) is 5.91 Å². The number of nitriles is 1. The van der Waals surface area contributed by atoms with E-state index in [2.05, 4.69) is 45.8 Å². The first-order valence-electron chi connectivity index (χ1n) is 12.5. The lowest BCUT2D eigenvalue weighted by Gasteiger charge is -2.32. The van der Waals surface area contributed by atoms with Crippen molar-refractivity contribution in [1.82, 2.24) is 24.8 Å². The minimum absolute atomic E-state index is 0.0642. The number of rotatable bonds is 5. The number of amides is 1. The average Bonchev–Trinajstić information content (AvgIpc) is 3.37. The van der Waals surface area contributed by atoms with Crippen LogP contribution in [0, 0.1) is 29.1 Å².